The van der Waals surface area contributed by atoms with E-state index in [1.165, 1.54) is 5.56 Å². The van der Waals surface area contributed by atoms with Crippen molar-refractivity contribution < 1.29 is 2.85 Å². The third kappa shape index (κ3) is 0.942. The summed E-state index contributed by atoms with van der Waals surface area (Å²) in [7, 11) is 0. The SMILES string of the molecule is CCc1cccc2[nH]c(=O)[nH]c12.[HH].[HH]. The normalized spacial score (nSPS) is 10.8. The number of aromatic amines is 2. The van der Waals surface area contributed by atoms with Crippen LogP contribution < -0.4 is 5.69 Å². The molecule has 0 aliphatic heterocycles. The third-order valence-corrected chi connectivity index (χ3v) is 2.02. The topological polar surface area (TPSA) is 48.6 Å². The lowest BCUT2D eigenvalue weighted by Crippen LogP contribution is -1.99. The van der Waals surface area contributed by atoms with Gasteiger partial charge in [-0.2, -0.15) is 0 Å². The molecule has 2 rings (SSSR count). The van der Waals surface area contributed by atoms with E-state index in [2.05, 4.69) is 16.9 Å². The van der Waals surface area contributed by atoms with Crippen LogP contribution in [0, 0.1) is 0 Å². The minimum atomic E-state index is -0.133. The van der Waals surface area contributed by atoms with Crippen LogP contribution in [0.3, 0.4) is 0 Å². The van der Waals surface area contributed by atoms with Crippen LogP contribution in [0.25, 0.3) is 11.0 Å². The predicted octanol–water partition coefficient (Wildman–Crippen LogP) is 1.91. The lowest BCUT2D eigenvalue weighted by molar-refractivity contribution is 1.14. The fourth-order valence-electron chi connectivity index (χ4n) is 1.41. The number of imidazole rings is 1. The number of rotatable bonds is 1. The maximum Gasteiger partial charge on any atom is 0.323 e. The molecular weight excluding hydrogens is 152 g/mol. The molecular formula is C9H14N2O. The summed E-state index contributed by atoms with van der Waals surface area (Å²) in [5.41, 5.74) is 2.86. The van der Waals surface area contributed by atoms with E-state index in [0.717, 1.165) is 17.5 Å². The van der Waals surface area contributed by atoms with Gasteiger partial charge in [0.2, 0.25) is 0 Å². The van der Waals surface area contributed by atoms with Gasteiger partial charge in [-0.15, -0.1) is 0 Å². The van der Waals surface area contributed by atoms with E-state index in [1.54, 1.807) is 0 Å². The molecule has 2 aromatic rings. The summed E-state index contributed by atoms with van der Waals surface area (Å²) in [4.78, 5) is 16.4. The summed E-state index contributed by atoms with van der Waals surface area (Å²) < 4.78 is 0. The smallest absolute Gasteiger partial charge is 0.306 e. The Morgan fingerprint density at radius 1 is 1.42 bits per heavy atom. The lowest BCUT2D eigenvalue weighted by atomic mass is 10.1. The van der Waals surface area contributed by atoms with Crippen LogP contribution in [-0.2, 0) is 6.42 Å². The van der Waals surface area contributed by atoms with E-state index in [-0.39, 0.29) is 8.54 Å². The van der Waals surface area contributed by atoms with Crippen LogP contribution in [0.2, 0.25) is 0 Å². The average Bonchev–Trinajstić information content (AvgIpc) is 2.44. The van der Waals surface area contributed by atoms with E-state index >= 15 is 0 Å². The van der Waals surface area contributed by atoms with E-state index in [1.807, 2.05) is 18.2 Å². The third-order valence-electron chi connectivity index (χ3n) is 2.02. The maximum atomic E-state index is 10.9. The number of benzene rings is 1. The molecule has 0 atom stereocenters. The summed E-state index contributed by atoms with van der Waals surface area (Å²) in [6.07, 6.45) is 0.936. The molecule has 3 heteroatoms. The Labute approximate surface area is 72.4 Å². The Bertz CT molecular complexity index is 461. The Morgan fingerprint density at radius 2 is 2.25 bits per heavy atom. The van der Waals surface area contributed by atoms with Gasteiger partial charge >= 0.3 is 5.69 Å². The lowest BCUT2D eigenvalue weighted by Gasteiger charge is -1.95. The molecule has 0 saturated carbocycles. The first kappa shape index (κ1) is 7.16. The Kier molecular flexibility index (Phi) is 1.50. The zero-order valence-electron chi connectivity index (χ0n) is 6.85. The quantitative estimate of drug-likeness (QED) is 0.668. The van der Waals surface area contributed by atoms with Gasteiger partial charge in [0.15, 0.2) is 0 Å². The molecule has 0 radical (unpaired) electrons. The van der Waals surface area contributed by atoms with E-state index in [4.69, 9.17) is 0 Å². The van der Waals surface area contributed by atoms with Crippen molar-refractivity contribution in [3.8, 4) is 0 Å². The van der Waals surface area contributed by atoms with Gasteiger partial charge in [-0.1, -0.05) is 19.1 Å². The minimum absolute atomic E-state index is 0. The van der Waals surface area contributed by atoms with Crippen molar-refractivity contribution in [2.75, 3.05) is 0 Å². The van der Waals surface area contributed by atoms with Gasteiger partial charge in [-0.3, -0.25) is 0 Å². The van der Waals surface area contributed by atoms with Gasteiger partial charge in [0.1, 0.15) is 0 Å². The second-order valence-electron chi connectivity index (χ2n) is 2.77. The molecule has 3 nitrogen and oxygen atoms in total. The standard InChI is InChI=1S/C9H10N2O.2H2/c1-2-6-4-3-5-7-8(6)11-9(12)10-7;;/h3-5H,2H2,1H3,(H2,10,11,12);2*1H. The number of aromatic nitrogens is 2. The molecule has 66 valence electrons. The minimum Gasteiger partial charge on any atom is -0.306 e. The first-order valence-corrected chi connectivity index (χ1v) is 4.01. The molecule has 0 bridgehead atoms. The molecule has 0 unspecified atom stereocenters. The summed E-state index contributed by atoms with van der Waals surface area (Å²) in [5.74, 6) is 0. The van der Waals surface area contributed by atoms with Crippen LogP contribution in [-0.4, -0.2) is 9.97 Å². The Morgan fingerprint density at radius 3 is 3.00 bits per heavy atom. The van der Waals surface area contributed by atoms with Crippen LogP contribution >= 0.6 is 0 Å². The highest BCUT2D eigenvalue weighted by molar-refractivity contribution is 5.77. The Balaban J connectivity index is 0.000000845. The van der Waals surface area contributed by atoms with Crippen molar-refractivity contribution in [1.82, 2.24) is 9.97 Å². The largest absolute Gasteiger partial charge is 0.323 e. The highest BCUT2D eigenvalue weighted by Crippen LogP contribution is 2.12. The molecule has 1 aromatic heterocycles. The van der Waals surface area contributed by atoms with E-state index < -0.39 is 0 Å². The molecule has 1 aromatic carbocycles. The summed E-state index contributed by atoms with van der Waals surface area (Å²) >= 11 is 0. The zero-order valence-corrected chi connectivity index (χ0v) is 6.85. The molecule has 0 aliphatic rings. The predicted molar refractivity (Wildman–Crippen MR) is 52.5 cm³/mol. The first-order valence-electron chi connectivity index (χ1n) is 4.01. The zero-order chi connectivity index (χ0) is 8.55. The number of fused-ring (bicyclic) bond motifs is 1. The monoisotopic (exact) mass is 166 g/mol. The first-order chi connectivity index (χ1) is 5.81. The molecule has 0 fully saturated rings. The van der Waals surface area contributed by atoms with E-state index in [0.29, 0.717) is 0 Å². The van der Waals surface area contributed by atoms with Crippen LogP contribution in [0.15, 0.2) is 23.0 Å². The van der Waals surface area contributed by atoms with Crippen molar-refractivity contribution in [1.29, 1.82) is 0 Å². The fourth-order valence-corrected chi connectivity index (χ4v) is 1.41. The van der Waals surface area contributed by atoms with Crippen molar-refractivity contribution in [2.24, 2.45) is 0 Å². The van der Waals surface area contributed by atoms with Crippen molar-refractivity contribution in [2.45, 2.75) is 13.3 Å². The number of aryl methyl sites for hydroxylation is 1. The summed E-state index contributed by atoms with van der Waals surface area (Å²) in [6.45, 7) is 2.07. The average molecular weight is 166 g/mol. The molecule has 0 saturated heterocycles. The Hall–Kier alpha value is -1.51. The molecule has 0 aliphatic carbocycles. The number of hydrogen-bond donors (Lipinski definition) is 2. The van der Waals surface area contributed by atoms with Gasteiger partial charge in [0.05, 0.1) is 11.0 Å². The van der Waals surface area contributed by atoms with Crippen molar-refractivity contribution >= 4 is 11.0 Å². The molecule has 0 spiro atoms. The highest BCUT2D eigenvalue weighted by Gasteiger charge is 2.00. The van der Waals surface area contributed by atoms with Gasteiger partial charge < -0.3 is 9.97 Å². The highest BCUT2D eigenvalue weighted by atomic mass is 16.1. The van der Waals surface area contributed by atoms with E-state index in [9.17, 15) is 4.79 Å². The molecule has 0 amide bonds. The summed E-state index contributed by atoms with van der Waals surface area (Å²) in [6, 6.07) is 5.86. The second-order valence-corrected chi connectivity index (χ2v) is 2.77. The number of para-hydroxylation sites is 1. The number of nitrogens with one attached hydrogen (secondary N) is 2. The maximum absolute atomic E-state index is 10.9. The van der Waals surface area contributed by atoms with Gasteiger partial charge in [0, 0.05) is 2.85 Å². The van der Waals surface area contributed by atoms with Gasteiger partial charge in [-0.05, 0) is 18.1 Å². The van der Waals surface area contributed by atoms with Crippen molar-refractivity contribution in [3.63, 3.8) is 0 Å². The summed E-state index contributed by atoms with van der Waals surface area (Å²) in [5, 5.41) is 0. The van der Waals surface area contributed by atoms with Crippen molar-refractivity contribution in [3.05, 3.63) is 34.2 Å². The van der Waals surface area contributed by atoms with Gasteiger partial charge in [-0.25, -0.2) is 4.79 Å². The fraction of sp³-hybridized carbons (Fsp3) is 0.222. The second kappa shape index (κ2) is 2.52. The van der Waals surface area contributed by atoms with Crippen LogP contribution in [0.5, 0.6) is 0 Å². The van der Waals surface area contributed by atoms with Crippen LogP contribution in [0.4, 0.5) is 0 Å². The van der Waals surface area contributed by atoms with Crippen LogP contribution in [0.1, 0.15) is 15.3 Å². The number of H-pyrrole nitrogens is 2. The molecule has 1 heterocycles. The van der Waals surface area contributed by atoms with Gasteiger partial charge in [0.25, 0.3) is 0 Å². The molecule has 2 N–H and O–H groups in total. The molecule has 12 heavy (non-hydrogen) atoms. The number of hydrogen-bond acceptors (Lipinski definition) is 1.